The number of nitrogens with one attached hydrogen (secondary N) is 2. The Kier molecular flexibility index (Phi) is 6.26. The van der Waals surface area contributed by atoms with Crippen molar-refractivity contribution in [1.29, 1.82) is 0 Å². The molecule has 0 radical (unpaired) electrons. The van der Waals surface area contributed by atoms with Gasteiger partial charge < -0.3 is 14.2 Å². The van der Waals surface area contributed by atoms with Crippen LogP contribution in [-0.2, 0) is 0 Å². The number of thiophene rings is 1. The van der Waals surface area contributed by atoms with Crippen LogP contribution in [0, 0.1) is 0 Å². The molecule has 0 amide bonds. The molecule has 51 heavy (non-hydrogen) atoms. The van der Waals surface area contributed by atoms with Crippen LogP contribution in [0.25, 0.3) is 75.2 Å². The average molecular weight is 676 g/mol. The van der Waals surface area contributed by atoms with Gasteiger partial charge in [-0.15, -0.1) is 11.3 Å². The van der Waals surface area contributed by atoms with Gasteiger partial charge in [0.25, 0.3) is 0 Å². The predicted molar refractivity (Wildman–Crippen MR) is 210 cm³/mol. The number of aliphatic imine (C=N–C) groups is 1. The minimum atomic E-state index is -0.270. The molecule has 0 spiro atoms. The zero-order valence-corrected chi connectivity index (χ0v) is 28.1. The van der Waals surface area contributed by atoms with Gasteiger partial charge in [0.05, 0.1) is 5.56 Å². The Morgan fingerprint density at radius 3 is 1.88 bits per heavy atom. The number of amidine groups is 1. The fourth-order valence-electron chi connectivity index (χ4n) is 7.88. The maximum atomic E-state index is 6.96. The summed E-state index contributed by atoms with van der Waals surface area (Å²) in [6.45, 7) is 0. The third kappa shape index (κ3) is 4.40. The minimum Gasteiger partial charge on any atom is -0.455 e. The first kappa shape index (κ1) is 28.6. The molecule has 11 rings (SSSR count). The van der Waals surface area contributed by atoms with Gasteiger partial charge in [0, 0.05) is 52.8 Å². The molecule has 3 aromatic heterocycles. The topological polar surface area (TPSA) is 62.7 Å². The van der Waals surface area contributed by atoms with E-state index in [4.69, 9.17) is 13.8 Å². The van der Waals surface area contributed by atoms with E-state index < -0.39 is 0 Å². The molecule has 2 atom stereocenters. The second kappa shape index (κ2) is 11.2. The Hall–Kier alpha value is -6.21. The summed E-state index contributed by atoms with van der Waals surface area (Å²) in [6.07, 6.45) is -0.473. The summed E-state index contributed by atoms with van der Waals surface area (Å²) in [6, 6.07) is 53.0. The summed E-state index contributed by atoms with van der Waals surface area (Å²) in [5.74, 6) is 0.787. The third-order valence-corrected chi connectivity index (χ3v) is 11.3. The highest BCUT2D eigenvalue weighted by Gasteiger charge is 2.29. The molecule has 1 aliphatic heterocycles. The monoisotopic (exact) mass is 675 g/mol. The number of hydrogen-bond acceptors (Lipinski definition) is 6. The van der Waals surface area contributed by atoms with Crippen molar-refractivity contribution in [3.63, 3.8) is 0 Å². The van der Waals surface area contributed by atoms with E-state index in [0.29, 0.717) is 0 Å². The highest BCUT2D eigenvalue weighted by atomic mass is 32.1. The summed E-state index contributed by atoms with van der Waals surface area (Å²) in [5.41, 5.74) is 8.58. The van der Waals surface area contributed by atoms with Gasteiger partial charge in [-0.2, -0.15) is 0 Å². The predicted octanol–water partition coefficient (Wildman–Crippen LogP) is 11.9. The standard InChI is InChI=1S/C45H29N3O2S/c1-2-12-26(13-3-1)43-46-44(34-21-11-25-38-39(34)33-15-5-7-24-37(33)51-38)48-45(47-43)35-22-10-20-32-31-19-9-18-30(41(31)50-42(32)35)29-17-8-16-28-27-14-4-6-23-36(27)49-40(28)29/h1-25,43-44,46H,(H,47,48). The zero-order chi connectivity index (χ0) is 33.5. The Morgan fingerprint density at radius 2 is 1.08 bits per heavy atom. The fraction of sp³-hybridized carbons (Fsp3) is 0.0444. The van der Waals surface area contributed by atoms with Gasteiger partial charge in [0.15, 0.2) is 0 Å². The lowest BCUT2D eigenvalue weighted by Gasteiger charge is -2.32. The Balaban J connectivity index is 1.10. The molecular formula is C45H29N3O2S. The molecule has 0 saturated carbocycles. The number of rotatable bonds is 4. The van der Waals surface area contributed by atoms with Crippen LogP contribution in [0.4, 0.5) is 0 Å². The molecule has 242 valence electrons. The van der Waals surface area contributed by atoms with Crippen LogP contribution in [-0.4, -0.2) is 5.84 Å². The van der Waals surface area contributed by atoms with Gasteiger partial charge in [0.2, 0.25) is 0 Å². The highest BCUT2D eigenvalue weighted by molar-refractivity contribution is 7.25. The molecule has 1 aliphatic rings. The van der Waals surface area contributed by atoms with Gasteiger partial charge in [0.1, 0.15) is 40.5 Å². The molecule has 7 aromatic carbocycles. The van der Waals surface area contributed by atoms with Crippen molar-refractivity contribution in [2.45, 2.75) is 12.3 Å². The van der Waals surface area contributed by atoms with Gasteiger partial charge in [-0.25, -0.2) is 4.99 Å². The van der Waals surface area contributed by atoms with Crippen molar-refractivity contribution in [2.24, 2.45) is 4.99 Å². The van der Waals surface area contributed by atoms with Crippen LogP contribution < -0.4 is 10.6 Å². The number of nitrogens with zero attached hydrogens (tertiary/aromatic N) is 1. The van der Waals surface area contributed by atoms with Gasteiger partial charge in [-0.1, -0.05) is 127 Å². The first-order chi connectivity index (χ1) is 25.3. The van der Waals surface area contributed by atoms with E-state index >= 15 is 0 Å². The molecule has 6 heteroatoms. The summed E-state index contributed by atoms with van der Waals surface area (Å²) >= 11 is 1.83. The Bertz CT molecular complexity index is 3010. The molecule has 10 aromatic rings. The van der Waals surface area contributed by atoms with Crippen LogP contribution in [0.3, 0.4) is 0 Å². The van der Waals surface area contributed by atoms with Crippen molar-refractivity contribution in [3.8, 4) is 11.1 Å². The normalized spacial score (nSPS) is 16.4. The molecule has 5 nitrogen and oxygen atoms in total. The van der Waals surface area contributed by atoms with Crippen molar-refractivity contribution >= 4 is 81.2 Å². The van der Waals surface area contributed by atoms with E-state index in [1.54, 1.807) is 0 Å². The van der Waals surface area contributed by atoms with E-state index in [1.807, 2.05) is 29.5 Å². The number of hydrogen-bond donors (Lipinski definition) is 2. The number of benzene rings is 7. The van der Waals surface area contributed by atoms with Crippen molar-refractivity contribution in [1.82, 2.24) is 10.6 Å². The lowest BCUT2D eigenvalue weighted by atomic mass is 9.99. The Labute approximate surface area is 296 Å². The van der Waals surface area contributed by atoms with Crippen LogP contribution in [0.1, 0.15) is 29.0 Å². The van der Waals surface area contributed by atoms with Crippen molar-refractivity contribution in [2.75, 3.05) is 0 Å². The Morgan fingerprint density at radius 1 is 0.490 bits per heavy atom. The zero-order valence-electron chi connectivity index (χ0n) is 27.3. The van der Waals surface area contributed by atoms with E-state index in [-0.39, 0.29) is 12.3 Å². The van der Waals surface area contributed by atoms with E-state index in [9.17, 15) is 0 Å². The maximum Gasteiger partial charge on any atom is 0.146 e. The molecule has 0 saturated heterocycles. The van der Waals surface area contributed by atoms with Crippen LogP contribution in [0.2, 0.25) is 0 Å². The minimum absolute atomic E-state index is 0.203. The molecular weight excluding hydrogens is 647 g/mol. The first-order valence-corrected chi connectivity index (χ1v) is 18.0. The van der Waals surface area contributed by atoms with Crippen LogP contribution in [0.5, 0.6) is 0 Å². The lowest BCUT2D eigenvalue weighted by Crippen LogP contribution is -2.45. The number of furan rings is 2. The second-order valence-corrected chi connectivity index (χ2v) is 14.2. The third-order valence-electron chi connectivity index (χ3n) is 10.2. The molecule has 0 bridgehead atoms. The fourth-order valence-corrected chi connectivity index (χ4v) is 9.02. The van der Waals surface area contributed by atoms with Crippen LogP contribution in [0.15, 0.2) is 165 Å². The number of para-hydroxylation sites is 4. The molecule has 4 heterocycles. The molecule has 2 N–H and O–H groups in total. The van der Waals surface area contributed by atoms with Crippen LogP contribution >= 0.6 is 11.3 Å². The summed E-state index contributed by atoms with van der Waals surface area (Å²) < 4.78 is 16.0. The number of fused-ring (bicyclic) bond motifs is 9. The molecule has 0 fully saturated rings. The molecule has 0 aliphatic carbocycles. The average Bonchev–Trinajstić information content (AvgIpc) is 3.89. The highest BCUT2D eigenvalue weighted by Crippen LogP contribution is 2.43. The smallest absolute Gasteiger partial charge is 0.146 e. The second-order valence-electron chi connectivity index (χ2n) is 13.1. The van der Waals surface area contributed by atoms with Crippen molar-refractivity contribution in [3.05, 3.63) is 168 Å². The summed E-state index contributed by atoms with van der Waals surface area (Å²) in [7, 11) is 0. The first-order valence-electron chi connectivity index (χ1n) is 17.2. The van der Waals surface area contributed by atoms with Gasteiger partial charge in [-0.3, -0.25) is 5.32 Å². The lowest BCUT2D eigenvalue weighted by molar-refractivity contribution is 0.411. The SMILES string of the molecule is c1ccc(C2N=C(c3cccc4c3oc3c(-c5cccc6c5oc5ccccc56)cccc34)NC(c3cccc4sc5ccccc5c34)N2)cc1. The van der Waals surface area contributed by atoms with E-state index in [2.05, 4.69) is 144 Å². The van der Waals surface area contributed by atoms with Crippen molar-refractivity contribution < 1.29 is 8.83 Å². The summed E-state index contributed by atoms with van der Waals surface area (Å²) in [5, 5.41) is 14.5. The van der Waals surface area contributed by atoms with Gasteiger partial charge in [-0.05, 0) is 35.4 Å². The summed E-state index contributed by atoms with van der Waals surface area (Å²) in [4.78, 5) is 5.32. The quantitative estimate of drug-likeness (QED) is 0.195. The van der Waals surface area contributed by atoms with E-state index in [0.717, 1.165) is 72.0 Å². The van der Waals surface area contributed by atoms with E-state index in [1.165, 1.54) is 25.7 Å². The molecule has 2 unspecified atom stereocenters. The maximum absolute atomic E-state index is 6.96. The van der Waals surface area contributed by atoms with Gasteiger partial charge >= 0.3 is 0 Å². The largest absolute Gasteiger partial charge is 0.455 e.